The number of allylic oxidation sites excluding steroid dienone is 6. The van der Waals surface area contributed by atoms with E-state index in [4.69, 9.17) is 0 Å². The van der Waals surface area contributed by atoms with Gasteiger partial charge < -0.3 is 0 Å². The van der Waals surface area contributed by atoms with E-state index in [1.165, 1.54) is 4.80 Å². The molecule has 3 heteroatoms. The topological polar surface area (TPSA) is 30.7 Å². The average Bonchev–Trinajstić information content (AvgIpc) is 2.64. The van der Waals surface area contributed by atoms with Crippen LogP contribution < -0.4 is 0 Å². The van der Waals surface area contributed by atoms with Crippen LogP contribution in [0.1, 0.15) is 11.4 Å². The van der Waals surface area contributed by atoms with Crippen molar-refractivity contribution in [1.29, 1.82) is 0 Å². The summed E-state index contributed by atoms with van der Waals surface area (Å²) in [5.41, 5.74) is 2.46. The Hall–Kier alpha value is -2.16. The average molecular weight is 213 g/mol. The van der Waals surface area contributed by atoms with Crippen LogP contribution in [-0.2, 0) is 0 Å². The number of aryl methyl sites for hydroxylation is 1. The maximum Gasteiger partial charge on any atom is 0.109 e. The summed E-state index contributed by atoms with van der Waals surface area (Å²) in [7, 11) is 0. The van der Waals surface area contributed by atoms with Gasteiger partial charge in [0.2, 0.25) is 0 Å². The van der Waals surface area contributed by atoms with Crippen LogP contribution in [0.2, 0.25) is 0 Å². The van der Waals surface area contributed by atoms with E-state index in [1.807, 2.05) is 19.1 Å². The molecule has 0 atom stereocenters. The summed E-state index contributed by atoms with van der Waals surface area (Å²) in [6, 6.07) is 0. The molecular weight excluding hydrogens is 198 g/mol. The fourth-order valence-electron chi connectivity index (χ4n) is 1.16. The third-order valence-corrected chi connectivity index (χ3v) is 1.94. The van der Waals surface area contributed by atoms with Crippen molar-refractivity contribution in [2.24, 2.45) is 0 Å². The van der Waals surface area contributed by atoms with Crippen molar-refractivity contribution in [3.63, 3.8) is 0 Å². The second kappa shape index (κ2) is 5.66. The minimum absolute atomic E-state index is 0.788. The molecule has 0 bridgehead atoms. The first-order valence-corrected chi connectivity index (χ1v) is 4.91. The first-order valence-electron chi connectivity index (χ1n) is 4.91. The van der Waals surface area contributed by atoms with Gasteiger partial charge in [0, 0.05) is 0 Å². The summed E-state index contributed by atoms with van der Waals surface area (Å²) in [5.74, 6) is 0. The molecule has 0 saturated carbocycles. The van der Waals surface area contributed by atoms with Gasteiger partial charge >= 0.3 is 0 Å². The molecule has 0 aliphatic rings. The highest BCUT2D eigenvalue weighted by Crippen LogP contribution is 2.09. The summed E-state index contributed by atoms with van der Waals surface area (Å²) in [4.78, 5) is 1.53. The molecule has 3 nitrogen and oxygen atoms in total. The van der Waals surface area contributed by atoms with E-state index in [0.29, 0.717) is 0 Å². The van der Waals surface area contributed by atoms with Gasteiger partial charge in [-0.05, 0) is 25.2 Å². The second-order valence-electron chi connectivity index (χ2n) is 3.09. The standard InChI is InChI=1S/C13H15N3/c1-5-8-10-13-11(4)14-16(15-13)12(7-3)9-6-2/h5-10H,1-3H2,4H3/b10-8-,12-9+. The summed E-state index contributed by atoms with van der Waals surface area (Å²) in [6.07, 6.45) is 10.5. The molecule has 1 aromatic heterocycles. The molecule has 0 unspecified atom stereocenters. The SMILES string of the molecule is C=C/C=C\c1nn(/C(C=C)=C/C=C)nc1C. The van der Waals surface area contributed by atoms with E-state index in [0.717, 1.165) is 17.1 Å². The predicted octanol–water partition coefficient (Wildman–Crippen LogP) is 3.00. The molecule has 0 aliphatic carbocycles. The summed E-state index contributed by atoms with van der Waals surface area (Å²) in [6.45, 7) is 12.9. The quantitative estimate of drug-likeness (QED) is 0.704. The zero-order valence-corrected chi connectivity index (χ0v) is 9.43. The Morgan fingerprint density at radius 3 is 2.50 bits per heavy atom. The van der Waals surface area contributed by atoms with Gasteiger partial charge in [-0.1, -0.05) is 38.0 Å². The summed E-state index contributed by atoms with van der Waals surface area (Å²) >= 11 is 0. The Labute approximate surface area is 95.8 Å². The van der Waals surface area contributed by atoms with Gasteiger partial charge in [0.1, 0.15) is 5.69 Å². The first-order chi connectivity index (χ1) is 7.72. The number of hydrogen-bond donors (Lipinski definition) is 0. The molecule has 1 rings (SSSR count). The summed E-state index contributed by atoms with van der Waals surface area (Å²) < 4.78 is 0. The van der Waals surface area contributed by atoms with E-state index in [9.17, 15) is 0 Å². The smallest absolute Gasteiger partial charge is 0.109 e. The Bertz CT molecular complexity index is 462. The van der Waals surface area contributed by atoms with E-state index < -0.39 is 0 Å². The Balaban J connectivity index is 3.13. The third kappa shape index (κ3) is 2.67. The highest BCUT2D eigenvalue weighted by molar-refractivity contribution is 5.57. The molecule has 82 valence electrons. The van der Waals surface area contributed by atoms with Crippen LogP contribution in [0, 0.1) is 6.92 Å². The lowest BCUT2D eigenvalue weighted by atomic mass is 10.3. The Kier molecular flexibility index (Phi) is 4.21. The largest absolute Gasteiger partial charge is 0.153 e. The van der Waals surface area contributed by atoms with Gasteiger partial charge in [0.25, 0.3) is 0 Å². The predicted molar refractivity (Wildman–Crippen MR) is 68.7 cm³/mol. The second-order valence-corrected chi connectivity index (χ2v) is 3.09. The van der Waals surface area contributed by atoms with Gasteiger partial charge in [-0.2, -0.15) is 9.90 Å². The van der Waals surface area contributed by atoms with Gasteiger partial charge in [-0.15, -0.1) is 5.10 Å². The van der Waals surface area contributed by atoms with E-state index in [1.54, 1.807) is 24.3 Å². The molecule has 0 amide bonds. The fraction of sp³-hybridized carbons (Fsp3) is 0.0769. The molecular formula is C13H15N3. The first kappa shape index (κ1) is 11.9. The van der Waals surface area contributed by atoms with Crippen molar-refractivity contribution in [1.82, 2.24) is 15.0 Å². The van der Waals surface area contributed by atoms with Crippen LogP contribution in [-0.4, -0.2) is 15.0 Å². The van der Waals surface area contributed by atoms with Gasteiger partial charge in [-0.25, -0.2) is 0 Å². The van der Waals surface area contributed by atoms with E-state index >= 15 is 0 Å². The van der Waals surface area contributed by atoms with Crippen LogP contribution in [0.15, 0.2) is 50.1 Å². The maximum absolute atomic E-state index is 4.32. The monoisotopic (exact) mass is 213 g/mol. The molecule has 0 radical (unpaired) electrons. The lowest BCUT2D eigenvalue weighted by Gasteiger charge is -1.96. The zero-order valence-electron chi connectivity index (χ0n) is 9.43. The molecule has 16 heavy (non-hydrogen) atoms. The van der Waals surface area contributed by atoms with Crippen LogP contribution in [0.3, 0.4) is 0 Å². The molecule has 0 aromatic carbocycles. The lowest BCUT2D eigenvalue weighted by Crippen LogP contribution is -1.99. The van der Waals surface area contributed by atoms with Crippen LogP contribution in [0.4, 0.5) is 0 Å². The molecule has 0 N–H and O–H groups in total. The van der Waals surface area contributed by atoms with Crippen molar-refractivity contribution in [2.75, 3.05) is 0 Å². The number of aromatic nitrogens is 3. The lowest BCUT2D eigenvalue weighted by molar-refractivity contribution is 0.768. The maximum atomic E-state index is 4.32. The molecule has 0 fully saturated rings. The highest BCUT2D eigenvalue weighted by Gasteiger charge is 2.04. The summed E-state index contributed by atoms with van der Waals surface area (Å²) in [5, 5.41) is 8.61. The molecule has 1 heterocycles. The highest BCUT2D eigenvalue weighted by atomic mass is 15.5. The Morgan fingerprint density at radius 2 is 1.94 bits per heavy atom. The minimum Gasteiger partial charge on any atom is -0.153 e. The van der Waals surface area contributed by atoms with Crippen LogP contribution in [0.25, 0.3) is 11.8 Å². The normalized spacial score (nSPS) is 11.7. The van der Waals surface area contributed by atoms with E-state index in [2.05, 4.69) is 29.9 Å². The van der Waals surface area contributed by atoms with Crippen molar-refractivity contribution in [2.45, 2.75) is 6.92 Å². The molecule has 0 saturated heterocycles. The van der Waals surface area contributed by atoms with Crippen molar-refractivity contribution in [3.8, 4) is 0 Å². The van der Waals surface area contributed by atoms with Crippen molar-refractivity contribution < 1.29 is 0 Å². The molecule has 1 aromatic rings. The number of rotatable bonds is 5. The van der Waals surface area contributed by atoms with Crippen LogP contribution in [0.5, 0.6) is 0 Å². The van der Waals surface area contributed by atoms with Gasteiger partial charge in [-0.3, -0.25) is 0 Å². The Morgan fingerprint density at radius 1 is 1.19 bits per heavy atom. The minimum atomic E-state index is 0.788. The van der Waals surface area contributed by atoms with Crippen molar-refractivity contribution in [3.05, 3.63) is 61.5 Å². The zero-order chi connectivity index (χ0) is 12.0. The number of hydrogen-bond acceptors (Lipinski definition) is 2. The van der Waals surface area contributed by atoms with E-state index in [-0.39, 0.29) is 0 Å². The fourth-order valence-corrected chi connectivity index (χ4v) is 1.16. The number of nitrogens with zero attached hydrogens (tertiary/aromatic N) is 3. The third-order valence-electron chi connectivity index (χ3n) is 1.94. The molecule has 0 aliphatic heterocycles. The van der Waals surface area contributed by atoms with Crippen molar-refractivity contribution >= 4 is 11.8 Å². The molecule has 0 spiro atoms. The van der Waals surface area contributed by atoms with Crippen LogP contribution >= 0.6 is 0 Å². The van der Waals surface area contributed by atoms with Gasteiger partial charge in [0.05, 0.1) is 11.4 Å². The van der Waals surface area contributed by atoms with Gasteiger partial charge in [0.15, 0.2) is 0 Å².